The molecule has 1 fully saturated rings. The molecule has 0 radical (unpaired) electrons. The Morgan fingerprint density at radius 1 is 1.42 bits per heavy atom. The van der Waals surface area contributed by atoms with Crippen LogP contribution in [0.5, 0.6) is 0 Å². The lowest BCUT2D eigenvalue weighted by Crippen LogP contribution is -2.44. The monoisotopic (exact) mass is 375 g/mol. The van der Waals surface area contributed by atoms with Crippen LogP contribution in [0.4, 0.5) is 0 Å². The van der Waals surface area contributed by atoms with Crippen LogP contribution < -0.4 is 5.32 Å². The maximum absolute atomic E-state index is 12.2. The predicted molar refractivity (Wildman–Crippen MR) is 98.0 cm³/mol. The number of carbonyl (C=O) groups excluding carboxylic acids is 2. The zero-order valence-corrected chi connectivity index (χ0v) is 15.5. The summed E-state index contributed by atoms with van der Waals surface area (Å²) in [6, 6.07) is 7.66. The average Bonchev–Trinajstić information content (AvgIpc) is 3.08. The number of nitrogens with zero attached hydrogens (tertiary/aromatic N) is 2. The van der Waals surface area contributed by atoms with Crippen LogP contribution in [0, 0.1) is 0 Å². The molecule has 0 spiro atoms. The van der Waals surface area contributed by atoms with E-state index >= 15 is 0 Å². The average molecular weight is 376 g/mol. The molecule has 1 N–H and O–H groups in total. The summed E-state index contributed by atoms with van der Waals surface area (Å²) >= 11 is 6.02. The van der Waals surface area contributed by atoms with Crippen molar-refractivity contribution in [2.45, 2.75) is 32.1 Å². The molecule has 2 heterocycles. The fourth-order valence-electron chi connectivity index (χ4n) is 3.16. The zero-order chi connectivity index (χ0) is 18.5. The van der Waals surface area contributed by atoms with E-state index in [1.807, 2.05) is 24.3 Å². The first kappa shape index (κ1) is 18.5. The second-order valence-corrected chi connectivity index (χ2v) is 7.00. The van der Waals surface area contributed by atoms with Gasteiger partial charge < -0.3 is 14.6 Å². The number of halogens is 1. The number of oxazole rings is 1. The first-order valence-corrected chi connectivity index (χ1v) is 9.10. The number of aromatic nitrogens is 1. The second kappa shape index (κ2) is 8.36. The summed E-state index contributed by atoms with van der Waals surface area (Å²) in [6.07, 6.45) is 4.20. The van der Waals surface area contributed by atoms with E-state index in [9.17, 15) is 9.59 Å². The fourth-order valence-corrected chi connectivity index (χ4v) is 3.37. The topological polar surface area (TPSA) is 75.4 Å². The van der Waals surface area contributed by atoms with Gasteiger partial charge in [-0.2, -0.15) is 0 Å². The number of likely N-dealkylation sites (tertiary alicyclic amines) is 1. The third-order valence-corrected chi connectivity index (χ3v) is 4.69. The highest BCUT2D eigenvalue weighted by Crippen LogP contribution is 2.27. The summed E-state index contributed by atoms with van der Waals surface area (Å²) < 4.78 is 5.93. The van der Waals surface area contributed by atoms with E-state index in [1.165, 1.54) is 6.92 Å². The quantitative estimate of drug-likeness (QED) is 0.871. The number of amides is 2. The van der Waals surface area contributed by atoms with Crippen molar-refractivity contribution in [1.82, 2.24) is 15.2 Å². The molecular weight excluding hydrogens is 354 g/mol. The number of hydrogen-bond acceptors (Lipinski definition) is 4. The Bertz CT molecular complexity index is 790. The maximum atomic E-state index is 12.2. The Morgan fingerprint density at radius 3 is 3.04 bits per heavy atom. The Hall–Kier alpha value is -2.34. The van der Waals surface area contributed by atoms with Crippen LogP contribution in [0.2, 0.25) is 5.02 Å². The lowest BCUT2D eigenvalue weighted by atomic mass is 9.98. The van der Waals surface area contributed by atoms with Crippen LogP contribution >= 0.6 is 11.6 Å². The van der Waals surface area contributed by atoms with Gasteiger partial charge in [-0.05, 0) is 30.5 Å². The first-order valence-electron chi connectivity index (χ1n) is 8.72. The van der Waals surface area contributed by atoms with Crippen LogP contribution in [0.25, 0.3) is 0 Å². The highest BCUT2D eigenvalue weighted by molar-refractivity contribution is 6.30. The number of hydrogen-bond donors (Lipinski definition) is 1. The summed E-state index contributed by atoms with van der Waals surface area (Å²) in [5.41, 5.74) is 1.07. The molecule has 0 aliphatic carbocycles. The predicted octanol–water partition coefficient (Wildman–Crippen LogP) is 2.76. The van der Waals surface area contributed by atoms with Crippen molar-refractivity contribution in [2.24, 2.45) is 0 Å². The van der Waals surface area contributed by atoms with Gasteiger partial charge in [0.2, 0.25) is 11.8 Å². The van der Waals surface area contributed by atoms with Crippen LogP contribution in [-0.4, -0.2) is 41.3 Å². The zero-order valence-electron chi connectivity index (χ0n) is 14.7. The fraction of sp³-hybridized carbons (Fsp3) is 0.421. The first-order chi connectivity index (χ1) is 12.5. The van der Waals surface area contributed by atoms with Crippen molar-refractivity contribution in [3.8, 4) is 0 Å². The number of carbonyl (C=O) groups is 2. The molecule has 1 atom stereocenters. The minimum Gasteiger partial charge on any atom is -0.445 e. The molecule has 0 saturated carbocycles. The molecule has 2 aromatic rings. The van der Waals surface area contributed by atoms with Crippen molar-refractivity contribution in [3.63, 3.8) is 0 Å². The molecule has 6 nitrogen and oxygen atoms in total. The molecule has 2 amide bonds. The number of rotatable bonds is 5. The Labute approximate surface area is 157 Å². The summed E-state index contributed by atoms with van der Waals surface area (Å²) in [5, 5.41) is 3.25. The van der Waals surface area contributed by atoms with E-state index in [4.69, 9.17) is 16.0 Å². The van der Waals surface area contributed by atoms with E-state index in [1.54, 1.807) is 11.1 Å². The highest BCUT2D eigenvalue weighted by atomic mass is 35.5. The van der Waals surface area contributed by atoms with Crippen molar-refractivity contribution in [1.29, 1.82) is 0 Å². The molecule has 0 unspecified atom stereocenters. The summed E-state index contributed by atoms with van der Waals surface area (Å²) in [5.74, 6) is 1.25. The van der Waals surface area contributed by atoms with Gasteiger partial charge >= 0.3 is 0 Å². The van der Waals surface area contributed by atoms with E-state index in [0.717, 1.165) is 24.2 Å². The number of piperidine rings is 1. The normalized spacial score (nSPS) is 17.2. The van der Waals surface area contributed by atoms with Gasteiger partial charge in [0.05, 0.1) is 18.7 Å². The third-order valence-electron chi connectivity index (χ3n) is 4.45. The minimum absolute atomic E-state index is 0.0354. The summed E-state index contributed by atoms with van der Waals surface area (Å²) in [7, 11) is 0. The molecular formula is C19H22ClN3O3. The van der Waals surface area contributed by atoms with Crippen LogP contribution in [0.3, 0.4) is 0 Å². The Balaban J connectivity index is 1.61. The molecule has 26 heavy (non-hydrogen) atoms. The van der Waals surface area contributed by atoms with E-state index in [0.29, 0.717) is 30.4 Å². The standard InChI is InChI=1S/C19H22ClN3O3/c1-13(24)21-11-18(25)23-7-3-5-15(12-23)19-22-10-17(26-19)9-14-4-2-6-16(20)8-14/h2,4,6,8,10,15H,3,5,7,9,11-12H2,1H3,(H,21,24)/t15-/m1/s1. The van der Waals surface area contributed by atoms with Gasteiger partial charge in [0, 0.05) is 31.5 Å². The number of nitrogens with one attached hydrogen (secondary N) is 1. The maximum Gasteiger partial charge on any atom is 0.241 e. The van der Waals surface area contributed by atoms with Crippen LogP contribution in [0.1, 0.15) is 42.9 Å². The largest absolute Gasteiger partial charge is 0.445 e. The molecule has 1 saturated heterocycles. The van der Waals surface area contributed by atoms with Crippen molar-refractivity contribution in [2.75, 3.05) is 19.6 Å². The van der Waals surface area contributed by atoms with Gasteiger partial charge in [-0.3, -0.25) is 9.59 Å². The van der Waals surface area contributed by atoms with Crippen molar-refractivity contribution < 1.29 is 14.0 Å². The van der Waals surface area contributed by atoms with E-state index < -0.39 is 0 Å². The van der Waals surface area contributed by atoms with Gasteiger partial charge in [-0.25, -0.2) is 4.98 Å². The Kier molecular flexibility index (Phi) is 5.93. The SMILES string of the molecule is CC(=O)NCC(=O)N1CCC[C@@H](c2ncc(Cc3cccc(Cl)c3)o2)C1. The van der Waals surface area contributed by atoms with Gasteiger partial charge in [-0.1, -0.05) is 23.7 Å². The van der Waals surface area contributed by atoms with Crippen LogP contribution in [-0.2, 0) is 16.0 Å². The van der Waals surface area contributed by atoms with E-state index in [-0.39, 0.29) is 24.3 Å². The Morgan fingerprint density at radius 2 is 2.27 bits per heavy atom. The molecule has 0 bridgehead atoms. The molecule has 1 aromatic carbocycles. The lowest BCUT2D eigenvalue weighted by Gasteiger charge is -2.31. The van der Waals surface area contributed by atoms with Gasteiger partial charge in [0.1, 0.15) is 5.76 Å². The van der Waals surface area contributed by atoms with Gasteiger partial charge in [0.25, 0.3) is 0 Å². The molecule has 1 aliphatic heterocycles. The van der Waals surface area contributed by atoms with Gasteiger partial charge in [-0.15, -0.1) is 0 Å². The van der Waals surface area contributed by atoms with Crippen molar-refractivity contribution in [3.05, 3.63) is 52.7 Å². The molecule has 138 valence electrons. The smallest absolute Gasteiger partial charge is 0.241 e. The number of benzene rings is 1. The minimum atomic E-state index is -0.203. The second-order valence-electron chi connectivity index (χ2n) is 6.56. The summed E-state index contributed by atoms with van der Waals surface area (Å²) in [6.45, 7) is 2.70. The molecule has 1 aromatic heterocycles. The van der Waals surface area contributed by atoms with Gasteiger partial charge in [0.15, 0.2) is 5.89 Å². The highest BCUT2D eigenvalue weighted by Gasteiger charge is 2.27. The van der Waals surface area contributed by atoms with Crippen molar-refractivity contribution >= 4 is 23.4 Å². The third kappa shape index (κ3) is 4.85. The molecule has 7 heteroatoms. The van der Waals surface area contributed by atoms with E-state index in [2.05, 4.69) is 10.3 Å². The van der Waals surface area contributed by atoms with Crippen LogP contribution in [0.15, 0.2) is 34.9 Å². The molecule has 1 aliphatic rings. The lowest BCUT2D eigenvalue weighted by molar-refractivity contribution is -0.133. The molecule has 3 rings (SSSR count). The summed E-state index contributed by atoms with van der Waals surface area (Å²) in [4.78, 5) is 29.4.